The molecule has 6 aromatic rings. The number of hydrogen-bond donors (Lipinski definition) is 0. The summed E-state index contributed by atoms with van der Waals surface area (Å²) >= 11 is 0. The Balaban J connectivity index is 1.21. The molecule has 1 unspecified atom stereocenters. The van der Waals surface area contributed by atoms with Crippen molar-refractivity contribution in [3.8, 4) is 11.1 Å². The van der Waals surface area contributed by atoms with Gasteiger partial charge >= 0.3 is 0 Å². The Labute approximate surface area is 216 Å². The minimum atomic E-state index is 0.388. The summed E-state index contributed by atoms with van der Waals surface area (Å²) in [6.07, 6.45) is 10.4. The fourth-order valence-corrected chi connectivity index (χ4v) is 6.30. The van der Waals surface area contributed by atoms with Gasteiger partial charge in [0.15, 0.2) is 0 Å². The first-order chi connectivity index (χ1) is 18.3. The van der Waals surface area contributed by atoms with Crippen molar-refractivity contribution in [1.29, 1.82) is 0 Å². The number of fused-ring (bicyclic) bond motifs is 7. The second-order valence-corrected chi connectivity index (χ2v) is 10.2. The van der Waals surface area contributed by atoms with Gasteiger partial charge in [-0.2, -0.15) is 0 Å². The van der Waals surface area contributed by atoms with E-state index < -0.39 is 0 Å². The van der Waals surface area contributed by atoms with Gasteiger partial charge in [-0.25, -0.2) is 0 Å². The van der Waals surface area contributed by atoms with Crippen LogP contribution in [0.5, 0.6) is 0 Å². The highest BCUT2D eigenvalue weighted by Gasteiger charge is 2.25. The Morgan fingerprint density at radius 2 is 1.27 bits per heavy atom. The van der Waals surface area contributed by atoms with Crippen molar-refractivity contribution in [1.82, 2.24) is 4.57 Å². The first-order valence-electron chi connectivity index (χ1n) is 13.0. The number of hydrogen-bond acceptors (Lipinski definition) is 0. The maximum absolute atomic E-state index is 2.46. The molecule has 0 saturated carbocycles. The standard InChI is InChI=1S/C36H25N/c1-2-8-25-21-26(14-13-24(25)7-1)27-17-19-31-28(22-27)15-16-29-23-30(18-20-32(29)31)37-35-11-5-3-9-33(35)34-10-4-6-12-36(34)37/h1-22,29H,23H2. The van der Waals surface area contributed by atoms with Gasteiger partial charge in [-0.3, -0.25) is 0 Å². The normalized spacial score (nSPS) is 16.5. The third kappa shape index (κ3) is 3.17. The fourth-order valence-electron chi connectivity index (χ4n) is 6.30. The molecular weight excluding hydrogens is 446 g/mol. The monoisotopic (exact) mass is 471 g/mol. The Hall–Kier alpha value is -4.62. The topological polar surface area (TPSA) is 4.93 Å². The molecule has 2 aliphatic carbocycles. The van der Waals surface area contributed by atoms with Crippen molar-refractivity contribution in [2.45, 2.75) is 6.42 Å². The minimum Gasteiger partial charge on any atom is -0.313 e. The molecule has 0 saturated heterocycles. The van der Waals surface area contributed by atoms with Crippen LogP contribution in [0.4, 0.5) is 0 Å². The summed E-state index contributed by atoms with van der Waals surface area (Å²) in [5.41, 5.74) is 10.5. The Kier molecular flexibility index (Phi) is 4.41. The predicted molar refractivity (Wildman–Crippen MR) is 158 cm³/mol. The van der Waals surface area contributed by atoms with E-state index in [0.29, 0.717) is 5.92 Å². The van der Waals surface area contributed by atoms with E-state index in [1.54, 1.807) is 0 Å². The molecule has 37 heavy (non-hydrogen) atoms. The summed E-state index contributed by atoms with van der Waals surface area (Å²) in [4.78, 5) is 0. The zero-order valence-corrected chi connectivity index (χ0v) is 20.4. The molecule has 2 aliphatic rings. The molecule has 0 fully saturated rings. The number of nitrogens with zero attached hydrogens (tertiary/aromatic N) is 1. The lowest BCUT2D eigenvalue weighted by Gasteiger charge is -2.28. The van der Waals surface area contributed by atoms with E-state index in [2.05, 4.69) is 138 Å². The van der Waals surface area contributed by atoms with Crippen LogP contribution in [0.1, 0.15) is 17.5 Å². The van der Waals surface area contributed by atoms with Crippen LogP contribution in [-0.4, -0.2) is 4.57 Å². The van der Waals surface area contributed by atoms with E-state index in [1.807, 2.05) is 0 Å². The van der Waals surface area contributed by atoms with Crippen LogP contribution >= 0.6 is 0 Å². The molecule has 0 spiro atoms. The zero-order valence-electron chi connectivity index (χ0n) is 20.4. The Morgan fingerprint density at radius 3 is 2.08 bits per heavy atom. The van der Waals surface area contributed by atoms with E-state index in [4.69, 9.17) is 0 Å². The second kappa shape index (κ2) is 7.94. The van der Waals surface area contributed by atoms with Crippen LogP contribution in [0, 0.1) is 5.92 Å². The summed E-state index contributed by atoms with van der Waals surface area (Å²) in [5, 5.41) is 5.20. The Bertz CT molecular complexity index is 1910. The first kappa shape index (κ1) is 20.6. The number of rotatable bonds is 2. The van der Waals surface area contributed by atoms with Gasteiger partial charge in [0.05, 0.1) is 11.0 Å². The summed E-state index contributed by atoms with van der Waals surface area (Å²) < 4.78 is 2.46. The van der Waals surface area contributed by atoms with Crippen LogP contribution in [0.3, 0.4) is 0 Å². The van der Waals surface area contributed by atoms with Crippen molar-refractivity contribution in [2.24, 2.45) is 5.92 Å². The molecule has 0 radical (unpaired) electrons. The second-order valence-electron chi connectivity index (χ2n) is 10.2. The molecule has 1 nitrogen and oxygen atoms in total. The SMILES string of the molecule is C1=CC2CC(n3c4ccccc4c4ccccc43)=CC=C2c2ccc(-c3ccc4ccccc4c3)cc21. The average molecular weight is 472 g/mol. The average Bonchev–Trinajstić information content (AvgIpc) is 3.31. The van der Waals surface area contributed by atoms with Crippen molar-refractivity contribution < 1.29 is 0 Å². The molecule has 0 amide bonds. The lowest BCUT2D eigenvalue weighted by Crippen LogP contribution is -2.12. The molecule has 8 rings (SSSR count). The number of benzene rings is 5. The number of aromatic nitrogens is 1. The lowest BCUT2D eigenvalue weighted by atomic mass is 9.79. The largest absolute Gasteiger partial charge is 0.313 e. The molecule has 0 aliphatic heterocycles. The molecule has 1 heterocycles. The third-order valence-electron chi connectivity index (χ3n) is 8.10. The van der Waals surface area contributed by atoms with Gasteiger partial charge in [0.25, 0.3) is 0 Å². The van der Waals surface area contributed by atoms with Crippen molar-refractivity contribution in [2.75, 3.05) is 0 Å². The van der Waals surface area contributed by atoms with E-state index >= 15 is 0 Å². The highest BCUT2D eigenvalue weighted by atomic mass is 15.0. The zero-order chi connectivity index (χ0) is 24.3. The number of allylic oxidation sites excluding steroid dienone is 5. The van der Waals surface area contributed by atoms with Crippen LogP contribution in [0.15, 0.2) is 127 Å². The highest BCUT2D eigenvalue weighted by molar-refractivity contribution is 6.10. The molecule has 174 valence electrons. The van der Waals surface area contributed by atoms with Crippen molar-refractivity contribution >= 4 is 49.9 Å². The molecule has 1 heteroatoms. The van der Waals surface area contributed by atoms with Gasteiger partial charge in [0, 0.05) is 22.4 Å². The van der Waals surface area contributed by atoms with Crippen LogP contribution in [0.25, 0.3) is 61.1 Å². The molecule has 0 N–H and O–H groups in total. The first-order valence-corrected chi connectivity index (χ1v) is 13.0. The molecule has 5 aromatic carbocycles. The predicted octanol–water partition coefficient (Wildman–Crippen LogP) is 9.59. The van der Waals surface area contributed by atoms with E-state index in [-0.39, 0.29) is 0 Å². The molecule has 0 bridgehead atoms. The van der Waals surface area contributed by atoms with Gasteiger partial charge in [-0.1, -0.05) is 103 Å². The van der Waals surface area contributed by atoms with Gasteiger partial charge < -0.3 is 4.57 Å². The van der Waals surface area contributed by atoms with Crippen LogP contribution in [0.2, 0.25) is 0 Å². The van der Waals surface area contributed by atoms with Crippen molar-refractivity contribution in [3.63, 3.8) is 0 Å². The van der Waals surface area contributed by atoms with E-state index in [1.165, 1.54) is 66.1 Å². The maximum atomic E-state index is 2.46. The van der Waals surface area contributed by atoms with Gasteiger partial charge in [-0.15, -0.1) is 0 Å². The van der Waals surface area contributed by atoms with Crippen molar-refractivity contribution in [3.05, 3.63) is 139 Å². The van der Waals surface area contributed by atoms with E-state index in [9.17, 15) is 0 Å². The molecular formula is C36H25N. The van der Waals surface area contributed by atoms with Crippen LogP contribution < -0.4 is 0 Å². The quantitative estimate of drug-likeness (QED) is 0.237. The van der Waals surface area contributed by atoms with Crippen LogP contribution in [-0.2, 0) is 0 Å². The summed E-state index contributed by atoms with van der Waals surface area (Å²) in [7, 11) is 0. The maximum Gasteiger partial charge on any atom is 0.0537 e. The Morgan fingerprint density at radius 1 is 0.595 bits per heavy atom. The van der Waals surface area contributed by atoms with Gasteiger partial charge in [0.2, 0.25) is 0 Å². The minimum absolute atomic E-state index is 0.388. The fraction of sp³-hybridized carbons (Fsp3) is 0.0556. The number of para-hydroxylation sites is 2. The molecule has 1 aromatic heterocycles. The summed E-state index contributed by atoms with van der Waals surface area (Å²) in [5.74, 6) is 0.388. The highest BCUT2D eigenvalue weighted by Crippen LogP contribution is 2.43. The van der Waals surface area contributed by atoms with Gasteiger partial charge in [-0.05, 0) is 75.4 Å². The van der Waals surface area contributed by atoms with Gasteiger partial charge in [0.1, 0.15) is 0 Å². The van der Waals surface area contributed by atoms with E-state index in [0.717, 1.165) is 6.42 Å². The third-order valence-corrected chi connectivity index (χ3v) is 8.10. The summed E-state index contributed by atoms with van der Waals surface area (Å²) in [6, 6.07) is 39.8. The lowest BCUT2D eigenvalue weighted by molar-refractivity contribution is 0.826. The smallest absolute Gasteiger partial charge is 0.0537 e. The summed E-state index contributed by atoms with van der Waals surface area (Å²) in [6.45, 7) is 0. The molecule has 1 atom stereocenters.